The summed E-state index contributed by atoms with van der Waals surface area (Å²) in [7, 11) is 0. The van der Waals surface area contributed by atoms with Crippen molar-refractivity contribution >= 4 is 28.8 Å². The minimum absolute atomic E-state index is 0.0242. The van der Waals surface area contributed by atoms with E-state index in [2.05, 4.69) is 19.7 Å². The summed E-state index contributed by atoms with van der Waals surface area (Å²) in [5.41, 5.74) is 1.10. The zero-order chi connectivity index (χ0) is 31.7. The molecule has 4 unspecified atom stereocenters. The number of ether oxygens (including phenoxy) is 6. The van der Waals surface area contributed by atoms with Crippen LogP contribution in [0.25, 0.3) is 0 Å². The van der Waals surface area contributed by atoms with Gasteiger partial charge in [-0.3, -0.25) is 4.79 Å². The number of carbonyl (C=O) groups excluding carboxylic acids is 3. The largest absolute Gasteiger partial charge is 0.460 e. The zero-order valence-corrected chi connectivity index (χ0v) is 25.8. The number of esters is 2. The van der Waals surface area contributed by atoms with Gasteiger partial charge in [-0.05, 0) is 60.1 Å². The van der Waals surface area contributed by atoms with Gasteiger partial charge in [-0.2, -0.15) is 0 Å². The van der Waals surface area contributed by atoms with Crippen LogP contribution >= 0.6 is 11.6 Å². The van der Waals surface area contributed by atoms with Gasteiger partial charge in [0, 0.05) is 16.7 Å². The Labute approximate surface area is 244 Å². The molecule has 0 spiro atoms. The molecule has 0 bridgehead atoms. The summed E-state index contributed by atoms with van der Waals surface area (Å²) >= 11 is 4.87. The van der Waals surface area contributed by atoms with Crippen LogP contribution in [-0.2, 0) is 42.8 Å². The second-order valence-electron chi connectivity index (χ2n) is 8.97. The van der Waals surface area contributed by atoms with Gasteiger partial charge in [0.2, 0.25) is 5.24 Å². The molecule has 0 fully saturated rings. The van der Waals surface area contributed by atoms with Crippen molar-refractivity contribution in [2.24, 2.45) is 0 Å². The van der Waals surface area contributed by atoms with Crippen LogP contribution in [0.4, 0.5) is 0 Å². The Balaban J connectivity index is -0.000000631. The van der Waals surface area contributed by atoms with E-state index in [1.165, 1.54) is 0 Å². The van der Waals surface area contributed by atoms with Crippen molar-refractivity contribution in [2.75, 3.05) is 52.9 Å². The lowest BCUT2D eigenvalue weighted by molar-refractivity contribution is -0.147. The molecular formula is C28H49ClO11. The zero-order valence-electron chi connectivity index (χ0n) is 25.0. The van der Waals surface area contributed by atoms with Crippen molar-refractivity contribution in [3.05, 3.63) is 36.5 Å². The number of allylic oxidation sites excluding steroid dienone is 1. The Hall–Kier alpha value is -2.12. The van der Waals surface area contributed by atoms with Crippen LogP contribution < -0.4 is 0 Å². The van der Waals surface area contributed by atoms with Crippen molar-refractivity contribution in [1.82, 2.24) is 0 Å². The van der Waals surface area contributed by atoms with Gasteiger partial charge < -0.3 is 38.6 Å². The van der Waals surface area contributed by atoms with E-state index in [1.54, 1.807) is 48.5 Å². The molecule has 2 N–H and O–H groups in total. The van der Waals surface area contributed by atoms with Crippen LogP contribution in [-0.4, -0.2) is 105 Å². The Morgan fingerprint density at radius 2 is 1.15 bits per heavy atom. The van der Waals surface area contributed by atoms with Gasteiger partial charge in [0.15, 0.2) is 0 Å². The third-order valence-corrected chi connectivity index (χ3v) is 4.34. The van der Waals surface area contributed by atoms with Gasteiger partial charge in [0.05, 0.1) is 64.6 Å². The number of hydrogen-bond donors (Lipinski definition) is 2. The van der Waals surface area contributed by atoms with E-state index in [9.17, 15) is 14.4 Å². The van der Waals surface area contributed by atoms with Crippen molar-refractivity contribution in [1.29, 1.82) is 0 Å². The highest BCUT2D eigenvalue weighted by Crippen LogP contribution is 2.00. The Morgan fingerprint density at radius 3 is 1.55 bits per heavy atom. The highest BCUT2D eigenvalue weighted by molar-refractivity contribution is 6.67. The van der Waals surface area contributed by atoms with E-state index < -0.39 is 23.3 Å². The highest BCUT2D eigenvalue weighted by Gasteiger charge is 2.11. The Morgan fingerprint density at radius 1 is 0.700 bits per heavy atom. The quantitative estimate of drug-likeness (QED) is 0.0980. The average Bonchev–Trinajstić information content (AvgIpc) is 2.86. The minimum atomic E-state index is -0.463. The molecule has 0 amide bonds. The first-order valence-electron chi connectivity index (χ1n) is 12.8. The van der Waals surface area contributed by atoms with Crippen LogP contribution in [0.3, 0.4) is 0 Å². The van der Waals surface area contributed by atoms with Gasteiger partial charge in [0.1, 0.15) is 12.7 Å². The smallest absolute Gasteiger partial charge is 0.333 e. The molecule has 0 radical (unpaired) electrons. The van der Waals surface area contributed by atoms with Crippen molar-refractivity contribution in [3.63, 3.8) is 0 Å². The lowest BCUT2D eigenvalue weighted by Crippen LogP contribution is -2.24. The van der Waals surface area contributed by atoms with Crippen LogP contribution in [0.5, 0.6) is 0 Å². The number of aliphatic hydroxyl groups is 2. The van der Waals surface area contributed by atoms with Gasteiger partial charge in [-0.15, -0.1) is 0 Å². The fourth-order valence-corrected chi connectivity index (χ4v) is 1.85. The first kappa shape index (κ1) is 42.3. The van der Waals surface area contributed by atoms with Crippen LogP contribution in [0.1, 0.15) is 48.5 Å². The Kier molecular flexibility index (Phi) is 28.7. The molecule has 0 heterocycles. The van der Waals surface area contributed by atoms with E-state index in [4.69, 9.17) is 50.2 Å². The molecule has 0 aliphatic heterocycles. The van der Waals surface area contributed by atoms with Gasteiger partial charge in [-0.25, -0.2) is 9.59 Å². The SMILES string of the molecule is C=C(C)C(=O)Cl.C=C(C)C(=O)OCC(C)OCCOCC(C)OC(=O)C(=C)C.CC(O)COCCOC(C)CO. The molecular weight excluding hydrogens is 548 g/mol. The monoisotopic (exact) mass is 596 g/mol. The summed E-state index contributed by atoms with van der Waals surface area (Å²) in [5, 5.41) is 16.9. The van der Waals surface area contributed by atoms with Crippen LogP contribution in [0.2, 0.25) is 0 Å². The number of rotatable bonds is 19. The molecule has 0 saturated heterocycles. The average molecular weight is 597 g/mol. The molecule has 12 heteroatoms. The molecule has 0 rings (SSSR count). The first-order valence-corrected chi connectivity index (χ1v) is 13.1. The second-order valence-corrected chi connectivity index (χ2v) is 9.32. The number of aliphatic hydroxyl groups excluding tert-OH is 2. The van der Waals surface area contributed by atoms with E-state index in [0.717, 1.165) is 0 Å². The summed E-state index contributed by atoms with van der Waals surface area (Å²) in [4.78, 5) is 32.3. The third kappa shape index (κ3) is 32.1. The first-order chi connectivity index (χ1) is 18.5. The summed E-state index contributed by atoms with van der Waals surface area (Å²) in [6.07, 6.45) is -1.15. The lowest BCUT2D eigenvalue weighted by atomic mass is 10.3. The van der Waals surface area contributed by atoms with Crippen molar-refractivity contribution < 1.29 is 53.0 Å². The molecule has 0 aromatic heterocycles. The molecule has 0 aliphatic carbocycles. The molecule has 234 valence electrons. The molecule has 0 aromatic rings. The summed E-state index contributed by atoms with van der Waals surface area (Å²) < 4.78 is 30.9. The maximum atomic E-state index is 11.3. The van der Waals surface area contributed by atoms with Gasteiger partial charge in [0.25, 0.3) is 0 Å². The van der Waals surface area contributed by atoms with E-state index >= 15 is 0 Å². The van der Waals surface area contributed by atoms with Crippen LogP contribution in [0.15, 0.2) is 36.5 Å². The minimum Gasteiger partial charge on any atom is -0.460 e. The summed E-state index contributed by atoms with van der Waals surface area (Å²) in [6, 6.07) is 0. The van der Waals surface area contributed by atoms with Gasteiger partial charge >= 0.3 is 11.9 Å². The highest BCUT2D eigenvalue weighted by atomic mass is 35.5. The van der Waals surface area contributed by atoms with Crippen molar-refractivity contribution in [3.8, 4) is 0 Å². The van der Waals surface area contributed by atoms with Crippen LogP contribution in [0, 0.1) is 0 Å². The topological polar surface area (TPSA) is 147 Å². The van der Waals surface area contributed by atoms with Crippen molar-refractivity contribution in [2.45, 2.75) is 72.9 Å². The normalized spacial score (nSPS) is 13.2. The lowest BCUT2D eigenvalue weighted by Gasteiger charge is -2.15. The van der Waals surface area contributed by atoms with Gasteiger partial charge in [-0.1, -0.05) is 19.7 Å². The third-order valence-electron chi connectivity index (χ3n) is 4.02. The molecule has 4 atom stereocenters. The maximum absolute atomic E-state index is 11.3. The second kappa shape index (κ2) is 27.1. The van der Waals surface area contributed by atoms with E-state index in [0.29, 0.717) is 49.8 Å². The molecule has 0 aromatic carbocycles. The maximum Gasteiger partial charge on any atom is 0.333 e. The number of carbonyl (C=O) groups is 3. The molecule has 40 heavy (non-hydrogen) atoms. The predicted molar refractivity (Wildman–Crippen MR) is 153 cm³/mol. The molecule has 11 nitrogen and oxygen atoms in total. The fraction of sp³-hybridized carbons (Fsp3) is 0.679. The Bertz CT molecular complexity index is 741. The summed E-state index contributed by atoms with van der Waals surface area (Å²) in [6.45, 7) is 24.4. The standard InChI is InChI=1S/C16H26O6.C8H18O4.C4H5ClO/c1-11(2)15(17)21-10-13(5)20-8-7-19-9-14(6)22-16(18)12(3)4;1-7(10)6-11-3-4-12-8(2)5-9;1-3(2)4(5)6/h13-14H,1,3,7-10H2,2,4-6H3;7-10H,3-6H2,1-2H3;1H2,2H3. The predicted octanol–water partition coefficient (Wildman–Crippen LogP) is 3.14. The number of halogens is 1. The summed E-state index contributed by atoms with van der Waals surface area (Å²) in [5.74, 6) is -0.861. The number of hydrogen-bond acceptors (Lipinski definition) is 11. The van der Waals surface area contributed by atoms with E-state index in [1.807, 2.05) is 0 Å². The van der Waals surface area contributed by atoms with E-state index in [-0.39, 0.29) is 38.1 Å². The molecule has 0 saturated carbocycles. The molecule has 0 aliphatic rings. The fourth-order valence-electron chi connectivity index (χ4n) is 1.85.